The number of rotatable bonds is 2. The second kappa shape index (κ2) is 3.85. The lowest BCUT2D eigenvalue weighted by Crippen LogP contribution is -1.83. The van der Waals surface area contributed by atoms with Crippen LogP contribution in [0.15, 0.2) is 54.9 Å². The van der Waals surface area contributed by atoms with Crippen LogP contribution in [0.1, 0.15) is 11.1 Å². The molecule has 0 atom stereocenters. The van der Waals surface area contributed by atoms with E-state index in [1.807, 2.05) is 30.3 Å². The molecule has 0 unspecified atom stereocenters. The van der Waals surface area contributed by atoms with Crippen LogP contribution in [-0.4, -0.2) is 4.98 Å². The standard InChI is InChI=1S/C12H10N/c1-2-4-11(5-3-1)10-12-6-8-13-9-7-12/h1-10H. The van der Waals surface area contributed by atoms with Crippen LogP contribution >= 0.6 is 0 Å². The number of pyridine rings is 1. The summed E-state index contributed by atoms with van der Waals surface area (Å²) in [7, 11) is 0. The van der Waals surface area contributed by atoms with Crippen LogP contribution < -0.4 is 0 Å². The molecule has 1 heteroatoms. The van der Waals surface area contributed by atoms with Crippen molar-refractivity contribution in [2.45, 2.75) is 0 Å². The summed E-state index contributed by atoms with van der Waals surface area (Å²) in [5.41, 5.74) is 2.40. The van der Waals surface area contributed by atoms with E-state index in [0.717, 1.165) is 0 Å². The monoisotopic (exact) mass is 168 g/mol. The van der Waals surface area contributed by atoms with Gasteiger partial charge in [-0.3, -0.25) is 4.98 Å². The molecule has 0 saturated carbocycles. The topological polar surface area (TPSA) is 12.9 Å². The van der Waals surface area contributed by atoms with Crippen molar-refractivity contribution in [1.82, 2.24) is 4.98 Å². The summed E-state index contributed by atoms with van der Waals surface area (Å²) in [6, 6.07) is 14.2. The Labute approximate surface area is 78.1 Å². The Hall–Kier alpha value is -1.63. The van der Waals surface area contributed by atoms with E-state index in [4.69, 9.17) is 0 Å². The van der Waals surface area contributed by atoms with Gasteiger partial charge in [0.05, 0.1) is 0 Å². The Morgan fingerprint density at radius 1 is 0.769 bits per heavy atom. The second-order valence-electron chi connectivity index (χ2n) is 2.84. The lowest BCUT2D eigenvalue weighted by Gasteiger charge is -1.99. The number of aromatic nitrogens is 1. The maximum Gasteiger partial charge on any atom is 0.0270 e. The summed E-state index contributed by atoms with van der Waals surface area (Å²) in [5.74, 6) is 0. The van der Waals surface area contributed by atoms with Crippen LogP contribution in [0.3, 0.4) is 0 Å². The van der Waals surface area contributed by atoms with E-state index < -0.39 is 0 Å². The lowest BCUT2D eigenvalue weighted by molar-refractivity contribution is 1.29. The average Bonchev–Trinajstić information content (AvgIpc) is 2.21. The molecule has 0 amide bonds. The molecule has 1 nitrogen and oxygen atoms in total. The minimum Gasteiger partial charge on any atom is -0.265 e. The van der Waals surface area contributed by atoms with Crippen LogP contribution in [0.5, 0.6) is 0 Å². The number of benzene rings is 1. The molecule has 0 fully saturated rings. The molecule has 0 spiro atoms. The molecule has 0 aliphatic heterocycles. The molecule has 1 heterocycles. The number of hydrogen-bond acceptors (Lipinski definition) is 1. The van der Waals surface area contributed by atoms with Gasteiger partial charge in [-0.15, -0.1) is 0 Å². The Kier molecular flexibility index (Phi) is 2.37. The van der Waals surface area contributed by atoms with Gasteiger partial charge in [-0.1, -0.05) is 30.3 Å². The number of nitrogens with zero attached hydrogens (tertiary/aromatic N) is 1. The molecule has 1 aromatic heterocycles. The molecule has 0 bridgehead atoms. The van der Waals surface area contributed by atoms with Gasteiger partial charge in [-0.25, -0.2) is 0 Å². The molecule has 0 aliphatic carbocycles. The van der Waals surface area contributed by atoms with Crippen LogP contribution in [0, 0.1) is 6.42 Å². The largest absolute Gasteiger partial charge is 0.265 e. The molecular formula is C12H10N. The van der Waals surface area contributed by atoms with Gasteiger partial charge in [0.15, 0.2) is 0 Å². The first-order chi connectivity index (χ1) is 6.45. The van der Waals surface area contributed by atoms with Crippen molar-refractivity contribution in [3.63, 3.8) is 0 Å². The lowest BCUT2D eigenvalue weighted by atomic mass is 10.1. The minimum absolute atomic E-state index is 1.18. The molecule has 2 aromatic rings. The summed E-state index contributed by atoms with van der Waals surface area (Å²) >= 11 is 0. The molecule has 13 heavy (non-hydrogen) atoms. The highest BCUT2D eigenvalue weighted by Crippen LogP contribution is 2.09. The Morgan fingerprint density at radius 2 is 1.38 bits per heavy atom. The highest BCUT2D eigenvalue weighted by atomic mass is 14.6. The smallest absolute Gasteiger partial charge is 0.0270 e. The Bertz CT molecular complexity index is 316. The predicted molar refractivity (Wildman–Crippen MR) is 53.2 cm³/mol. The van der Waals surface area contributed by atoms with Crippen molar-refractivity contribution >= 4 is 0 Å². The molecule has 0 N–H and O–H groups in total. The van der Waals surface area contributed by atoms with Gasteiger partial charge in [0.2, 0.25) is 0 Å². The first-order valence-corrected chi connectivity index (χ1v) is 4.25. The van der Waals surface area contributed by atoms with E-state index in [2.05, 4.69) is 23.5 Å². The summed E-state index contributed by atoms with van der Waals surface area (Å²) in [6.45, 7) is 0. The molecule has 0 saturated heterocycles. The van der Waals surface area contributed by atoms with Crippen molar-refractivity contribution in [1.29, 1.82) is 0 Å². The van der Waals surface area contributed by atoms with Crippen LogP contribution in [0.25, 0.3) is 0 Å². The van der Waals surface area contributed by atoms with Crippen molar-refractivity contribution in [3.05, 3.63) is 72.4 Å². The summed E-state index contributed by atoms with van der Waals surface area (Å²) in [5, 5.41) is 0. The zero-order valence-electron chi connectivity index (χ0n) is 7.22. The van der Waals surface area contributed by atoms with Gasteiger partial charge in [0.25, 0.3) is 0 Å². The summed E-state index contributed by atoms with van der Waals surface area (Å²) in [6.07, 6.45) is 5.73. The molecule has 2 rings (SSSR count). The quantitative estimate of drug-likeness (QED) is 0.671. The minimum atomic E-state index is 1.18. The zero-order valence-corrected chi connectivity index (χ0v) is 7.22. The van der Waals surface area contributed by atoms with Crippen molar-refractivity contribution in [3.8, 4) is 0 Å². The van der Waals surface area contributed by atoms with Gasteiger partial charge in [0, 0.05) is 18.8 Å². The van der Waals surface area contributed by atoms with Crippen molar-refractivity contribution in [2.24, 2.45) is 0 Å². The second-order valence-corrected chi connectivity index (χ2v) is 2.84. The average molecular weight is 168 g/mol. The SMILES string of the molecule is [CH](c1ccccc1)c1ccncc1. The summed E-state index contributed by atoms with van der Waals surface area (Å²) < 4.78 is 0. The maximum absolute atomic E-state index is 3.97. The van der Waals surface area contributed by atoms with E-state index in [0.29, 0.717) is 0 Å². The van der Waals surface area contributed by atoms with Gasteiger partial charge in [-0.05, 0) is 23.3 Å². The van der Waals surface area contributed by atoms with Crippen molar-refractivity contribution in [2.75, 3.05) is 0 Å². The molecular weight excluding hydrogens is 158 g/mol. The Balaban J connectivity index is 2.16. The normalized spacial score (nSPS) is 9.85. The fraction of sp³-hybridized carbons (Fsp3) is 0. The number of hydrogen-bond donors (Lipinski definition) is 0. The van der Waals surface area contributed by atoms with Gasteiger partial charge < -0.3 is 0 Å². The predicted octanol–water partition coefficient (Wildman–Crippen LogP) is 2.68. The van der Waals surface area contributed by atoms with Crippen LogP contribution in [0.2, 0.25) is 0 Å². The summed E-state index contributed by atoms with van der Waals surface area (Å²) in [4.78, 5) is 3.97. The first-order valence-electron chi connectivity index (χ1n) is 4.25. The molecule has 0 aliphatic rings. The van der Waals surface area contributed by atoms with Crippen LogP contribution in [0.4, 0.5) is 0 Å². The van der Waals surface area contributed by atoms with Gasteiger partial charge in [-0.2, -0.15) is 0 Å². The van der Waals surface area contributed by atoms with Gasteiger partial charge in [0.1, 0.15) is 0 Å². The maximum atomic E-state index is 3.97. The third-order valence-corrected chi connectivity index (χ3v) is 1.84. The van der Waals surface area contributed by atoms with Gasteiger partial charge >= 0.3 is 0 Å². The van der Waals surface area contributed by atoms with Crippen LogP contribution in [-0.2, 0) is 0 Å². The molecule has 1 aromatic carbocycles. The highest BCUT2D eigenvalue weighted by Gasteiger charge is 1.93. The first kappa shape index (κ1) is 7.99. The highest BCUT2D eigenvalue weighted by molar-refractivity contribution is 5.35. The van der Waals surface area contributed by atoms with E-state index in [9.17, 15) is 0 Å². The Morgan fingerprint density at radius 3 is 2.08 bits per heavy atom. The fourth-order valence-electron chi connectivity index (χ4n) is 1.20. The molecule has 63 valence electrons. The van der Waals surface area contributed by atoms with E-state index in [1.165, 1.54) is 11.1 Å². The van der Waals surface area contributed by atoms with E-state index in [-0.39, 0.29) is 0 Å². The third kappa shape index (κ3) is 2.15. The third-order valence-electron chi connectivity index (χ3n) is 1.84. The van der Waals surface area contributed by atoms with Crippen molar-refractivity contribution < 1.29 is 0 Å². The zero-order chi connectivity index (χ0) is 8.93. The fourth-order valence-corrected chi connectivity index (χ4v) is 1.20. The van der Waals surface area contributed by atoms with E-state index >= 15 is 0 Å². The molecule has 1 radical (unpaired) electrons. The van der Waals surface area contributed by atoms with E-state index in [1.54, 1.807) is 12.4 Å².